The van der Waals surface area contributed by atoms with E-state index in [0.29, 0.717) is 37.8 Å². The first kappa shape index (κ1) is 19.6. The number of nitro benzene ring substituents is 1. The highest BCUT2D eigenvalue weighted by atomic mass is 32.1. The molecule has 9 nitrogen and oxygen atoms in total. The van der Waals surface area contributed by atoms with E-state index >= 15 is 0 Å². The number of nitrogens with one attached hydrogen (secondary N) is 2. The number of carbonyl (C=O) groups excluding carboxylic acids is 1. The first-order valence-corrected chi connectivity index (χ1v) is 9.01. The summed E-state index contributed by atoms with van der Waals surface area (Å²) in [5.74, 6) is -0.0342. The van der Waals surface area contributed by atoms with Crippen molar-refractivity contribution in [3.8, 4) is 0 Å². The maximum atomic E-state index is 12.8. The van der Waals surface area contributed by atoms with Crippen LogP contribution in [0.25, 0.3) is 0 Å². The number of ether oxygens (including phenoxy) is 1. The summed E-state index contributed by atoms with van der Waals surface area (Å²) < 4.78 is 5.34. The molecule has 2 heterocycles. The number of pyridine rings is 1. The molecule has 1 fully saturated rings. The van der Waals surface area contributed by atoms with Crippen LogP contribution in [0.15, 0.2) is 36.5 Å². The number of aromatic nitrogens is 1. The zero-order valence-corrected chi connectivity index (χ0v) is 16.0. The molecule has 2 aromatic rings. The number of hydrogen-bond acceptors (Lipinski definition) is 7. The van der Waals surface area contributed by atoms with E-state index in [2.05, 4.69) is 15.6 Å². The van der Waals surface area contributed by atoms with Crippen molar-refractivity contribution >= 4 is 40.4 Å². The first-order valence-electron chi connectivity index (χ1n) is 8.60. The smallest absolute Gasteiger partial charge is 0.270 e. The molecule has 1 aliphatic rings. The number of nitrogens with zero attached hydrogens (tertiary/aromatic N) is 3. The Bertz CT molecular complexity index is 915. The first-order chi connectivity index (χ1) is 13.4. The Morgan fingerprint density at radius 3 is 2.71 bits per heavy atom. The molecule has 0 unspecified atom stereocenters. The topological polar surface area (TPSA) is 110 Å². The normalized spacial score (nSPS) is 13.7. The molecule has 10 heteroatoms. The number of nitro groups is 1. The van der Waals surface area contributed by atoms with Crippen LogP contribution in [0, 0.1) is 17.0 Å². The largest absolute Gasteiger partial charge is 0.378 e. The molecule has 28 heavy (non-hydrogen) atoms. The second kappa shape index (κ2) is 8.72. The summed E-state index contributed by atoms with van der Waals surface area (Å²) >= 11 is 5.19. The SMILES string of the molecule is Cc1ccnc(NC(=S)NC(=O)c2cc([N+](=O)[O-])ccc2N2CCOCC2)c1. The second-order valence-electron chi connectivity index (χ2n) is 6.18. The van der Waals surface area contributed by atoms with Crippen LogP contribution in [0.1, 0.15) is 15.9 Å². The maximum Gasteiger partial charge on any atom is 0.270 e. The molecule has 0 saturated carbocycles. The molecule has 3 rings (SSSR count). The fourth-order valence-electron chi connectivity index (χ4n) is 2.82. The van der Waals surface area contributed by atoms with Gasteiger partial charge in [0.05, 0.1) is 29.4 Å². The summed E-state index contributed by atoms with van der Waals surface area (Å²) in [5, 5.41) is 16.6. The summed E-state index contributed by atoms with van der Waals surface area (Å²) in [5.41, 5.74) is 1.60. The minimum atomic E-state index is -0.535. The predicted molar refractivity (Wildman–Crippen MR) is 109 cm³/mol. The Hall–Kier alpha value is -3.11. The van der Waals surface area contributed by atoms with Crippen LogP contribution >= 0.6 is 12.2 Å². The lowest BCUT2D eigenvalue weighted by Crippen LogP contribution is -2.39. The van der Waals surface area contributed by atoms with E-state index in [9.17, 15) is 14.9 Å². The van der Waals surface area contributed by atoms with E-state index in [-0.39, 0.29) is 16.4 Å². The van der Waals surface area contributed by atoms with Crippen LogP contribution in [0.2, 0.25) is 0 Å². The Balaban J connectivity index is 1.81. The molecule has 1 aromatic carbocycles. The molecule has 0 atom stereocenters. The summed E-state index contributed by atoms with van der Waals surface area (Å²) in [6.45, 7) is 4.14. The second-order valence-corrected chi connectivity index (χ2v) is 6.59. The van der Waals surface area contributed by atoms with Crippen LogP contribution in [-0.2, 0) is 4.74 Å². The van der Waals surface area contributed by atoms with Crippen molar-refractivity contribution in [2.24, 2.45) is 0 Å². The predicted octanol–water partition coefficient (Wildman–Crippen LogP) is 2.26. The van der Waals surface area contributed by atoms with Crippen LogP contribution < -0.4 is 15.5 Å². The molecule has 0 spiro atoms. The molecule has 1 saturated heterocycles. The molecule has 0 radical (unpaired) electrons. The Labute approximate surface area is 166 Å². The molecule has 0 bridgehead atoms. The molecule has 1 amide bonds. The lowest BCUT2D eigenvalue weighted by Gasteiger charge is -2.30. The van der Waals surface area contributed by atoms with E-state index in [1.54, 1.807) is 18.3 Å². The van der Waals surface area contributed by atoms with Gasteiger partial charge in [0.1, 0.15) is 5.82 Å². The molecular formula is C18H19N5O4S. The number of amides is 1. The third-order valence-corrected chi connectivity index (χ3v) is 4.38. The van der Waals surface area contributed by atoms with Gasteiger partial charge in [-0.05, 0) is 42.9 Å². The van der Waals surface area contributed by atoms with Gasteiger partial charge >= 0.3 is 0 Å². The van der Waals surface area contributed by atoms with Crippen LogP contribution in [0.5, 0.6) is 0 Å². The Morgan fingerprint density at radius 1 is 1.29 bits per heavy atom. The standard InChI is InChI=1S/C18H19N5O4S/c1-12-4-5-19-16(10-12)20-18(28)21-17(24)14-11-13(23(25)26)2-3-15(14)22-6-8-27-9-7-22/h2-5,10-11H,6-9H2,1H3,(H2,19,20,21,24,28). The molecule has 1 aliphatic heterocycles. The highest BCUT2D eigenvalue weighted by Gasteiger charge is 2.22. The van der Waals surface area contributed by atoms with Crippen molar-refractivity contribution in [3.63, 3.8) is 0 Å². The lowest BCUT2D eigenvalue weighted by molar-refractivity contribution is -0.384. The summed E-state index contributed by atoms with van der Waals surface area (Å²) in [6, 6.07) is 7.84. The number of non-ortho nitro benzene ring substituents is 1. The number of benzene rings is 1. The van der Waals surface area contributed by atoms with Gasteiger partial charge in [-0.15, -0.1) is 0 Å². The average molecular weight is 401 g/mol. The number of anilines is 2. The van der Waals surface area contributed by atoms with Gasteiger partial charge in [-0.2, -0.15) is 0 Å². The minimum Gasteiger partial charge on any atom is -0.378 e. The van der Waals surface area contributed by atoms with Gasteiger partial charge in [-0.3, -0.25) is 20.2 Å². The van der Waals surface area contributed by atoms with Crippen molar-refractivity contribution < 1.29 is 14.5 Å². The van der Waals surface area contributed by atoms with Gasteiger partial charge < -0.3 is 15.0 Å². The van der Waals surface area contributed by atoms with Crippen LogP contribution in [0.4, 0.5) is 17.2 Å². The fraction of sp³-hybridized carbons (Fsp3) is 0.278. The summed E-state index contributed by atoms with van der Waals surface area (Å²) in [6.07, 6.45) is 1.62. The molecule has 0 aliphatic carbocycles. The van der Waals surface area contributed by atoms with Gasteiger partial charge in [-0.25, -0.2) is 4.98 Å². The van der Waals surface area contributed by atoms with E-state index in [0.717, 1.165) is 5.56 Å². The van der Waals surface area contributed by atoms with E-state index in [4.69, 9.17) is 17.0 Å². The zero-order chi connectivity index (χ0) is 20.1. The van der Waals surface area contributed by atoms with Crippen molar-refractivity contribution in [2.45, 2.75) is 6.92 Å². The number of rotatable bonds is 4. The third kappa shape index (κ3) is 4.78. The lowest BCUT2D eigenvalue weighted by atomic mass is 10.1. The van der Waals surface area contributed by atoms with E-state index in [1.807, 2.05) is 17.9 Å². The average Bonchev–Trinajstić information content (AvgIpc) is 2.68. The summed E-state index contributed by atoms with van der Waals surface area (Å²) in [7, 11) is 0. The fourth-order valence-corrected chi connectivity index (χ4v) is 3.02. The van der Waals surface area contributed by atoms with Crippen LogP contribution in [-0.4, -0.2) is 47.2 Å². The Morgan fingerprint density at radius 2 is 2.04 bits per heavy atom. The summed E-state index contributed by atoms with van der Waals surface area (Å²) in [4.78, 5) is 29.5. The monoisotopic (exact) mass is 401 g/mol. The van der Waals surface area contributed by atoms with Gasteiger partial charge in [0, 0.05) is 31.4 Å². The van der Waals surface area contributed by atoms with Crippen molar-refractivity contribution in [3.05, 3.63) is 57.8 Å². The zero-order valence-electron chi connectivity index (χ0n) is 15.2. The number of aryl methyl sites for hydroxylation is 1. The molecule has 2 N–H and O–H groups in total. The third-order valence-electron chi connectivity index (χ3n) is 4.17. The van der Waals surface area contributed by atoms with E-state index < -0.39 is 10.8 Å². The molecule has 1 aromatic heterocycles. The highest BCUT2D eigenvalue weighted by molar-refractivity contribution is 7.80. The minimum absolute atomic E-state index is 0.0579. The van der Waals surface area contributed by atoms with E-state index in [1.165, 1.54) is 12.1 Å². The maximum absolute atomic E-state index is 12.8. The highest BCUT2D eigenvalue weighted by Crippen LogP contribution is 2.26. The molecular weight excluding hydrogens is 382 g/mol. The number of thiocarbonyl (C=S) groups is 1. The van der Waals surface area contributed by atoms with Gasteiger partial charge in [-0.1, -0.05) is 0 Å². The quantitative estimate of drug-likeness (QED) is 0.456. The van der Waals surface area contributed by atoms with Crippen molar-refractivity contribution in [2.75, 3.05) is 36.5 Å². The number of morpholine rings is 1. The van der Waals surface area contributed by atoms with Crippen molar-refractivity contribution in [1.82, 2.24) is 10.3 Å². The van der Waals surface area contributed by atoms with Crippen LogP contribution in [0.3, 0.4) is 0 Å². The van der Waals surface area contributed by atoms with Crippen molar-refractivity contribution in [1.29, 1.82) is 0 Å². The van der Waals surface area contributed by atoms with Gasteiger partial charge in [0.25, 0.3) is 11.6 Å². The number of carbonyl (C=O) groups is 1. The Kier molecular flexibility index (Phi) is 6.12. The van der Waals surface area contributed by atoms with Gasteiger partial charge in [0.2, 0.25) is 0 Å². The number of hydrogen-bond donors (Lipinski definition) is 2. The van der Waals surface area contributed by atoms with Gasteiger partial charge in [0.15, 0.2) is 5.11 Å². The molecule has 146 valence electrons.